The first-order valence-electron chi connectivity index (χ1n) is 7.04. The van der Waals surface area contributed by atoms with Crippen molar-refractivity contribution in [3.8, 4) is 0 Å². The Labute approximate surface area is 124 Å². The van der Waals surface area contributed by atoms with E-state index in [0.717, 1.165) is 22.7 Å². The van der Waals surface area contributed by atoms with Crippen LogP contribution in [-0.2, 0) is 28.0 Å². The van der Waals surface area contributed by atoms with E-state index in [1.54, 1.807) is 0 Å². The molecule has 1 aromatic rings. The maximum atomic E-state index is 12.7. The molecule has 0 saturated heterocycles. The van der Waals surface area contributed by atoms with Gasteiger partial charge < -0.3 is 5.11 Å². The third kappa shape index (κ3) is 2.95. The molecule has 1 N–H and O–H groups in total. The fourth-order valence-corrected chi connectivity index (χ4v) is 4.49. The van der Waals surface area contributed by atoms with Crippen LogP contribution >= 0.6 is 0 Å². The first-order chi connectivity index (χ1) is 9.98. The van der Waals surface area contributed by atoms with Gasteiger partial charge >= 0.3 is 5.97 Å². The average Bonchev–Trinajstić information content (AvgIpc) is 3.28. The monoisotopic (exact) mass is 310 g/mol. The fourth-order valence-electron chi connectivity index (χ4n) is 2.71. The van der Waals surface area contributed by atoms with Crippen LogP contribution in [0.4, 0.5) is 0 Å². The minimum Gasteiger partial charge on any atom is -0.480 e. The van der Waals surface area contributed by atoms with E-state index in [1.807, 2.05) is 24.3 Å². The Balaban J connectivity index is 1.83. The Kier molecular flexibility index (Phi) is 3.73. The maximum absolute atomic E-state index is 12.7. The molecule has 1 aliphatic carbocycles. The number of aliphatic carboxylic acids is 1. The van der Waals surface area contributed by atoms with Crippen molar-refractivity contribution in [3.63, 3.8) is 0 Å². The van der Waals surface area contributed by atoms with Gasteiger partial charge in [-0.05, 0) is 30.4 Å². The number of benzene rings is 1. The van der Waals surface area contributed by atoms with Gasteiger partial charge in [0, 0.05) is 19.1 Å². The number of fused-ring (bicyclic) bond motifs is 1. The molecule has 0 aromatic heterocycles. The summed E-state index contributed by atoms with van der Waals surface area (Å²) in [6.45, 7) is 0.272. The second kappa shape index (κ2) is 5.40. The van der Waals surface area contributed by atoms with Gasteiger partial charge in [0.1, 0.15) is 6.54 Å². The van der Waals surface area contributed by atoms with Crippen molar-refractivity contribution in [1.29, 1.82) is 0 Å². The van der Waals surface area contributed by atoms with E-state index in [4.69, 9.17) is 5.11 Å². The zero-order valence-electron chi connectivity index (χ0n) is 11.6. The van der Waals surface area contributed by atoms with Gasteiger partial charge in [-0.15, -0.1) is 0 Å². The third-order valence-corrected chi connectivity index (χ3v) is 5.95. The highest BCUT2D eigenvalue weighted by Crippen LogP contribution is 2.32. The van der Waals surface area contributed by atoms with Gasteiger partial charge in [-0.1, -0.05) is 24.3 Å². The average molecular weight is 310 g/mol. The first kappa shape index (κ1) is 14.5. The highest BCUT2D eigenvalue weighted by atomic mass is 32.2. The van der Waals surface area contributed by atoms with Gasteiger partial charge in [0.25, 0.3) is 10.2 Å². The van der Waals surface area contributed by atoms with Crippen LogP contribution in [0.25, 0.3) is 0 Å². The lowest BCUT2D eigenvalue weighted by molar-refractivity contribution is -0.137. The molecule has 6 nitrogen and oxygen atoms in total. The SMILES string of the molecule is O=C(O)CN(C1CC1)S(=O)(=O)N1CCc2ccccc2C1. The zero-order valence-corrected chi connectivity index (χ0v) is 12.4. The second-order valence-electron chi connectivity index (χ2n) is 5.53. The molecule has 0 bridgehead atoms. The predicted octanol–water partition coefficient (Wildman–Crippen LogP) is 0.838. The molecular formula is C14H18N2O4S. The van der Waals surface area contributed by atoms with Crippen LogP contribution in [0.15, 0.2) is 24.3 Å². The summed E-state index contributed by atoms with van der Waals surface area (Å²) in [6, 6.07) is 7.63. The molecule has 0 radical (unpaired) electrons. The number of rotatable bonds is 5. The molecule has 114 valence electrons. The summed E-state index contributed by atoms with van der Waals surface area (Å²) in [4.78, 5) is 10.9. The highest BCUT2D eigenvalue weighted by molar-refractivity contribution is 7.86. The standard InChI is InChI=1S/C14H18N2O4S/c17-14(18)10-16(13-5-6-13)21(19,20)15-8-7-11-3-1-2-4-12(11)9-15/h1-4,13H,5-10H2,(H,17,18). The molecule has 0 atom stereocenters. The number of hydrogen-bond donors (Lipinski definition) is 1. The van der Waals surface area contributed by atoms with Gasteiger partial charge in [-0.3, -0.25) is 4.79 Å². The number of carboxylic acid groups (broad SMARTS) is 1. The lowest BCUT2D eigenvalue weighted by Gasteiger charge is -2.32. The van der Waals surface area contributed by atoms with Crippen LogP contribution in [-0.4, -0.2) is 47.2 Å². The molecule has 2 aliphatic rings. The summed E-state index contributed by atoms with van der Waals surface area (Å²) in [5.74, 6) is -1.11. The van der Waals surface area contributed by atoms with E-state index >= 15 is 0 Å². The molecule has 3 rings (SSSR count). The predicted molar refractivity (Wildman–Crippen MR) is 76.8 cm³/mol. The molecule has 0 spiro atoms. The quantitative estimate of drug-likeness (QED) is 0.874. The third-order valence-electron chi connectivity index (χ3n) is 3.96. The summed E-state index contributed by atoms with van der Waals surface area (Å²) in [6.07, 6.45) is 2.16. The van der Waals surface area contributed by atoms with E-state index < -0.39 is 22.7 Å². The van der Waals surface area contributed by atoms with Crippen LogP contribution in [0.5, 0.6) is 0 Å². The summed E-state index contributed by atoms with van der Waals surface area (Å²) in [5.41, 5.74) is 2.17. The van der Waals surface area contributed by atoms with Crippen molar-refractivity contribution >= 4 is 16.2 Å². The summed E-state index contributed by atoms with van der Waals surface area (Å²) < 4.78 is 27.9. The van der Waals surface area contributed by atoms with Crippen LogP contribution in [0.1, 0.15) is 24.0 Å². The van der Waals surface area contributed by atoms with E-state index in [-0.39, 0.29) is 6.04 Å². The van der Waals surface area contributed by atoms with Crippen LogP contribution in [0, 0.1) is 0 Å². The minimum atomic E-state index is -3.71. The Morgan fingerprint density at radius 1 is 1.29 bits per heavy atom. The number of hydrogen-bond acceptors (Lipinski definition) is 3. The van der Waals surface area contributed by atoms with E-state index in [2.05, 4.69) is 0 Å². The van der Waals surface area contributed by atoms with E-state index in [9.17, 15) is 13.2 Å². The fraction of sp³-hybridized carbons (Fsp3) is 0.500. The summed E-state index contributed by atoms with van der Waals surface area (Å²) in [5, 5.41) is 8.96. The minimum absolute atomic E-state index is 0.150. The Morgan fingerprint density at radius 3 is 2.57 bits per heavy atom. The molecule has 1 aliphatic heterocycles. The van der Waals surface area contributed by atoms with Crippen LogP contribution < -0.4 is 0 Å². The Hall–Kier alpha value is -1.44. The molecule has 1 saturated carbocycles. The molecule has 1 fully saturated rings. The second-order valence-corrected chi connectivity index (χ2v) is 7.41. The lowest BCUT2D eigenvalue weighted by Crippen LogP contribution is -2.48. The Bertz CT molecular complexity index is 655. The first-order valence-corrected chi connectivity index (χ1v) is 8.43. The van der Waals surface area contributed by atoms with Crippen molar-refractivity contribution in [2.24, 2.45) is 0 Å². The van der Waals surface area contributed by atoms with Gasteiger partial charge in [0.2, 0.25) is 0 Å². The van der Waals surface area contributed by atoms with E-state index in [1.165, 1.54) is 9.87 Å². The number of carboxylic acids is 1. The molecule has 7 heteroatoms. The Morgan fingerprint density at radius 2 is 1.95 bits per heavy atom. The number of nitrogens with zero attached hydrogens (tertiary/aromatic N) is 2. The molecule has 1 aromatic carbocycles. The molecule has 1 heterocycles. The molecule has 0 amide bonds. The van der Waals surface area contributed by atoms with E-state index in [0.29, 0.717) is 19.5 Å². The molecule has 21 heavy (non-hydrogen) atoms. The highest BCUT2D eigenvalue weighted by Gasteiger charge is 2.42. The number of carbonyl (C=O) groups is 1. The lowest BCUT2D eigenvalue weighted by atomic mass is 10.0. The van der Waals surface area contributed by atoms with Gasteiger partial charge in [-0.25, -0.2) is 0 Å². The van der Waals surface area contributed by atoms with Crippen LogP contribution in [0.2, 0.25) is 0 Å². The zero-order chi connectivity index (χ0) is 15.0. The van der Waals surface area contributed by atoms with Crippen molar-refractivity contribution in [2.45, 2.75) is 31.8 Å². The summed E-state index contributed by atoms with van der Waals surface area (Å²) in [7, 11) is -3.71. The molecular weight excluding hydrogens is 292 g/mol. The van der Waals surface area contributed by atoms with Crippen molar-refractivity contribution < 1.29 is 18.3 Å². The summed E-state index contributed by atoms with van der Waals surface area (Å²) >= 11 is 0. The van der Waals surface area contributed by atoms with Crippen molar-refractivity contribution in [1.82, 2.24) is 8.61 Å². The largest absolute Gasteiger partial charge is 0.480 e. The van der Waals surface area contributed by atoms with Gasteiger partial charge in [-0.2, -0.15) is 17.0 Å². The van der Waals surface area contributed by atoms with Gasteiger partial charge in [0.05, 0.1) is 0 Å². The van der Waals surface area contributed by atoms with Crippen molar-refractivity contribution in [3.05, 3.63) is 35.4 Å². The normalized spacial score (nSPS) is 19.5. The van der Waals surface area contributed by atoms with Crippen LogP contribution in [0.3, 0.4) is 0 Å². The van der Waals surface area contributed by atoms with Gasteiger partial charge in [0.15, 0.2) is 0 Å². The smallest absolute Gasteiger partial charge is 0.318 e. The maximum Gasteiger partial charge on any atom is 0.318 e. The topological polar surface area (TPSA) is 77.9 Å². The van der Waals surface area contributed by atoms with Crippen molar-refractivity contribution in [2.75, 3.05) is 13.1 Å². The molecule has 0 unspecified atom stereocenters.